The minimum absolute atomic E-state index is 0.110. The Bertz CT molecular complexity index is 632. The molecule has 5 nitrogen and oxygen atoms in total. The lowest BCUT2D eigenvalue weighted by Crippen LogP contribution is -2.24. The van der Waals surface area contributed by atoms with Gasteiger partial charge in [-0.25, -0.2) is 4.79 Å². The van der Waals surface area contributed by atoms with E-state index in [9.17, 15) is 14.7 Å². The number of aromatic nitrogens is 2. The molecule has 1 heterocycles. The lowest BCUT2D eigenvalue weighted by molar-refractivity contribution is -0.141. The summed E-state index contributed by atoms with van der Waals surface area (Å²) in [6.45, 7) is 3.57. The van der Waals surface area contributed by atoms with Crippen molar-refractivity contribution >= 4 is 11.8 Å². The van der Waals surface area contributed by atoms with Crippen molar-refractivity contribution in [2.24, 2.45) is 0 Å². The van der Waals surface area contributed by atoms with Crippen molar-refractivity contribution in [1.29, 1.82) is 0 Å². The third-order valence-corrected chi connectivity index (χ3v) is 3.10. The Morgan fingerprint density at radius 3 is 2.40 bits per heavy atom. The largest absolute Gasteiger partial charge is 0.480 e. The lowest BCUT2D eigenvalue weighted by Gasteiger charge is -2.14. The van der Waals surface area contributed by atoms with Gasteiger partial charge in [0.15, 0.2) is 11.8 Å². The molecule has 1 atom stereocenters. The molecule has 20 heavy (non-hydrogen) atoms. The molecule has 104 valence electrons. The molecule has 1 aromatic carbocycles. The van der Waals surface area contributed by atoms with Gasteiger partial charge in [-0.3, -0.25) is 9.48 Å². The number of ketones is 1. The van der Waals surface area contributed by atoms with E-state index in [1.807, 2.05) is 6.07 Å². The average molecular weight is 272 g/mol. The van der Waals surface area contributed by atoms with Crippen LogP contribution in [0.5, 0.6) is 0 Å². The number of hydrogen-bond donors (Lipinski definition) is 1. The normalized spacial score (nSPS) is 12.1. The molecule has 0 spiro atoms. The third kappa shape index (κ3) is 2.93. The summed E-state index contributed by atoms with van der Waals surface area (Å²) < 4.78 is 1.40. The van der Waals surface area contributed by atoms with Crippen LogP contribution in [0.4, 0.5) is 0 Å². The van der Waals surface area contributed by atoms with E-state index in [4.69, 9.17) is 0 Å². The summed E-state index contributed by atoms with van der Waals surface area (Å²) in [5.74, 6) is -1.26. The number of hydrogen-bond acceptors (Lipinski definition) is 3. The number of aliphatic carboxylic acids is 1. The first kappa shape index (κ1) is 14.0. The number of carboxylic acid groups (broad SMARTS) is 1. The molecule has 0 aliphatic carbocycles. The molecule has 2 aromatic rings. The lowest BCUT2D eigenvalue weighted by atomic mass is 10.0. The van der Waals surface area contributed by atoms with E-state index >= 15 is 0 Å². The summed E-state index contributed by atoms with van der Waals surface area (Å²) in [6, 6.07) is 9.51. The summed E-state index contributed by atoms with van der Waals surface area (Å²) >= 11 is 0. The Morgan fingerprint density at radius 1 is 1.25 bits per heavy atom. The third-order valence-electron chi connectivity index (χ3n) is 3.10. The van der Waals surface area contributed by atoms with Crippen LogP contribution in [0.25, 0.3) is 0 Å². The maximum Gasteiger partial charge on any atom is 0.328 e. The first-order chi connectivity index (χ1) is 9.49. The predicted molar refractivity (Wildman–Crippen MR) is 73.8 cm³/mol. The van der Waals surface area contributed by atoms with E-state index < -0.39 is 12.0 Å². The highest BCUT2D eigenvalue weighted by molar-refractivity contribution is 5.98. The fourth-order valence-corrected chi connectivity index (χ4v) is 2.16. The highest BCUT2D eigenvalue weighted by Gasteiger charge is 2.25. The van der Waals surface area contributed by atoms with Crippen LogP contribution in [0.15, 0.2) is 36.4 Å². The molecule has 5 heteroatoms. The molecule has 0 saturated carbocycles. The second-order valence-electron chi connectivity index (χ2n) is 4.72. The number of benzene rings is 1. The standard InChI is InChI=1S/C15H16N2O3/c1-10-8-11(2)17(16-10)13(15(19)20)9-14(18)12-6-4-3-5-7-12/h3-8,13H,9H2,1-2H3,(H,19,20). The van der Waals surface area contributed by atoms with Crippen LogP contribution < -0.4 is 0 Å². The topological polar surface area (TPSA) is 72.2 Å². The summed E-state index contributed by atoms with van der Waals surface area (Å²) in [7, 11) is 0. The Labute approximate surface area is 116 Å². The van der Waals surface area contributed by atoms with Gasteiger partial charge in [-0.15, -0.1) is 0 Å². The second kappa shape index (κ2) is 5.69. The van der Waals surface area contributed by atoms with Gasteiger partial charge in [-0.1, -0.05) is 30.3 Å². The molecular weight excluding hydrogens is 256 g/mol. The SMILES string of the molecule is Cc1cc(C)n(C(CC(=O)c2ccccc2)C(=O)O)n1. The fraction of sp³-hybridized carbons (Fsp3) is 0.267. The summed E-state index contributed by atoms with van der Waals surface area (Å²) in [6.07, 6.45) is -0.110. The minimum atomic E-state index is -1.06. The zero-order chi connectivity index (χ0) is 14.7. The smallest absolute Gasteiger partial charge is 0.328 e. The van der Waals surface area contributed by atoms with Gasteiger partial charge in [0.1, 0.15) is 0 Å². The predicted octanol–water partition coefficient (Wildman–Crippen LogP) is 2.40. The number of carbonyl (C=O) groups is 2. The summed E-state index contributed by atoms with van der Waals surface area (Å²) in [5.41, 5.74) is 1.98. The van der Waals surface area contributed by atoms with Gasteiger partial charge in [-0.2, -0.15) is 5.10 Å². The van der Waals surface area contributed by atoms with Crippen molar-refractivity contribution in [2.75, 3.05) is 0 Å². The Kier molecular flexibility index (Phi) is 3.98. The van der Waals surface area contributed by atoms with E-state index in [1.165, 1.54) is 4.68 Å². The van der Waals surface area contributed by atoms with E-state index in [0.29, 0.717) is 5.56 Å². The van der Waals surface area contributed by atoms with Crippen molar-refractivity contribution in [1.82, 2.24) is 9.78 Å². The van der Waals surface area contributed by atoms with Gasteiger partial charge >= 0.3 is 5.97 Å². The quantitative estimate of drug-likeness (QED) is 0.848. The fourth-order valence-electron chi connectivity index (χ4n) is 2.16. The Hall–Kier alpha value is -2.43. The van der Waals surface area contributed by atoms with Gasteiger partial charge in [0.25, 0.3) is 0 Å². The Morgan fingerprint density at radius 2 is 1.90 bits per heavy atom. The van der Waals surface area contributed by atoms with Crippen LogP contribution >= 0.6 is 0 Å². The number of carboxylic acids is 1. The number of nitrogens with zero attached hydrogens (tertiary/aromatic N) is 2. The number of carbonyl (C=O) groups excluding carboxylic acids is 1. The molecule has 0 fully saturated rings. The van der Waals surface area contributed by atoms with E-state index in [1.54, 1.807) is 44.2 Å². The molecule has 0 amide bonds. The van der Waals surface area contributed by atoms with Crippen LogP contribution in [0.1, 0.15) is 34.2 Å². The van der Waals surface area contributed by atoms with Crippen LogP contribution in [0.3, 0.4) is 0 Å². The van der Waals surface area contributed by atoms with Gasteiger partial charge in [0, 0.05) is 17.7 Å². The van der Waals surface area contributed by atoms with Crippen LogP contribution in [0, 0.1) is 13.8 Å². The van der Waals surface area contributed by atoms with Gasteiger partial charge in [-0.05, 0) is 19.9 Å². The molecule has 2 rings (SSSR count). The molecule has 1 unspecified atom stereocenters. The molecule has 0 saturated heterocycles. The van der Waals surface area contributed by atoms with Crippen molar-refractivity contribution in [3.8, 4) is 0 Å². The molecular formula is C15H16N2O3. The van der Waals surface area contributed by atoms with Crippen molar-refractivity contribution in [2.45, 2.75) is 26.3 Å². The van der Waals surface area contributed by atoms with Crippen molar-refractivity contribution in [3.63, 3.8) is 0 Å². The molecule has 1 N–H and O–H groups in total. The number of aryl methyl sites for hydroxylation is 2. The first-order valence-electron chi connectivity index (χ1n) is 6.33. The van der Waals surface area contributed by atoms with Gasteiger partial charge in [0.2, 0.25) is 0 Å². The Balaban J connectivity index is 2.25. The highest BCUT2D eigenvalue weighted by atomic mass is 16.4. The molecule has 0 bridgehead atoms. The maximum atomic E-state index is 12.1. The highest BCUT2D eigenvalue weighted by Crippen LogP contribution is 2.18. The minimum Gasteiger partial charge on any atom is -0.480 e. The molecule has 1 aromatic heterocycles. The van der Waals surface area contributed by atoms with E-state index in [-0.39, 0.29) is 12.2 Å². The number of Topliss-reactive ketones (excluding diaryl/α,β-unsaturated/α-hetero) is 1. The summed E-state index contributed by atoms with van der Waals surface area (Å²) in [5, 5.41) is 13.5. The maximum absolute atomic E-state index is 12.1. The zero-order valence-electron chi connectivity index (χ0n) is 11.4. The first-order valence-corrected chi connectivity index (χ1v) is 6.33. The van der Waals surface area contributed by atoms with E-state index in [2.05, 4.69) is 5.10 Å². The second-order valence-corrected chi connectivity index (χ2v) is 4.72. The molecule has 0 radical (unpaired) electrons. The zero-order valence-corrected chi connectivity index (χ0v) is 11.4. The van der Waals surface area contributed by atoms with Crippen molar-refractivity contribution in [3.05, 3.63) is 53.3 Å². The summed E-state index contributed by atoms with van der Waals surface area (Å²) in [4.78, 5) is 23.6. The van der Waals surface area contributed by atoms with Gasteiger partial charge < -0.3 is 5.11 Å². The monoisotopic (exact) mass is 272 g/mol. The molecule has 0 aliphatic rings. The van der Waals surface area contributed by atoms with Crippen LogP contribution in [-0.4, -0.2) is 26.6 Å². The molecule has 0 aliphatic heterocycles. The van der Waals surface area contributed by atoms with Gasteiger partial charge in [0.05, 0.1) is 5.69 Å². The van der Waals surface area contributed by atoms with Crippen LogP contribution in [0.2, 0.25) is 0 Å². The van der Waals surface area contributed by atoms with E-state index in [0.717, 1.165) is 11.4 Å². The number of rotatable bonds is 5. The van der Waals surface area contributed by atoms with Crippen molar-refractivity contribution < 1.29 is 14.7 Å². The van der Waals surface area contributed by atoms with Crippen LogP contribution in [-0.2, 0) is 4.79 Å². The average Bonchev–Trinajstić information content (AvgIpc) is 2.75.